The summed E-state index contributed by atoms with van der Waals surface area (Å²) in [6.45, 7) is 7.52. The van der Waals surface area contributed by atoms with Gasteiger partial charge in [0.25, 0.3) is 0 Å². The molecule has 2 aromatic carbocycles. The lowest BCUT2D eigenvalue weighted by atomic mass is 9.93. The Morgan fingerprint density at radius 2 is 1.94 bits per heavy atom. The Kier molecular flexibility index (Phi) is 5.75. The maximum absolute atomic E-state index is 4.88. The number of rotatable bonds is 3. The number of hydrogen-bond donors (Lipinski definition) is 2. The molecule has 0 spiro atoms. The van der Waals surface area contributed by atoms with Crippen LogP contribution in [0.5, 0.6) is 0 Å². The molecule has 1 aromatic heterocycles. The quantitative estimate of drug-likeness (QED) is 0.527. The van der Waals surface area contributed by atoms with E-state index in [9.17, 15) is 0 Å². The van der Waals surface area contributed by atoms with Gasteiger partial charge in [0.15, 0.2) is 0 Å². The number of fused-ring (bicyclic) bond motifs is 1. The fourth-order valence-electron chi connectivity index (χ4n) is 4.85. The molecule has 3 aromatic rings. The van der Waals surface area contributed by atoms with Gasteiger partial charge in [0.2, 0.25) is 0 Å². The average Bonchev–Trinajstić information content (AvgIpc) is 3.16. The number of hydrogen-bond acceptors (Lipinski definition) is 3. The van der Waals surface area contributed by atoms with E-state index in [1.165, 1.54) is 28.0 Å². The number of allylic oxidation sites excluding steroid dienone is 5. The Balaban J connectivity index is 1.67. The molecule has 0 saturated carbocycles. The number of nitrogens with zero attached hydrogens (tertiary/aromatic N) is 1. The zero-order valence-electron chi connectivity index (χ0n) is 18.4. The van der Waals surface area contributed by atoms with Crippen molar-refractivity contribution in [2.45, 2.75) is 31.1 Å². The highest BCUT2D eigenvalue weighted by atomic mass is 32.1. The maximum atomic E-state index is 4.88. The number of pyridine rings is 1. The topological polar surface area (TPSA) is 24.9 Å². The molecule has 2 nitrogen and oxygen atoms in total. The highest BCUT2D eigenvalue weighted by Gasteiger charge is 2.24. The summed E-state index contributed by atoms with van der Waals surface area (Å²) >= 11 is 4.61. The number of aromatic nitrogens is 1. The SMILES string of the molecule is C=c1nc2ccc(S)cc2c(-c2ccccc2)c1=C1CC(C2=CCC=C(CC)C=C2)CN1. The lowest BCUT2D eigenvalue weighted by Gasteiger charge is -2.12. The maximum Gasteiger partial charge on any atom is 0.0716 e. The zero-order valence-corrected chi connectivity index (χ0v) is 19.3. The molecular weight excluding hydrogens is 408 g/mol. The Morgan fingerprint density at radius 1 is 1.09 bits per heavy atom. The third-order valence-electron chi connectivity index (χ3n) is 6.52. The van der Waals surface area contributed by atoms with Crippen molar-refractivity contribution in [1.29, 1.82) is 0 Å². The van der Waals surface area contributed by atoms with Gasteiger partial charge in [0, 0.05) is 39.2 Å². The largest absolute Gasteiger partial charge is 0.387 e. The molecule has 32 heavy (non-hydrogen) atoms. The Labute approximate surface area is 195 Å². The minimum absolute atomic E-state index is 0.459. The molecule has 5 rings (SSSR count). The van der Waals surface area contributed by atoms with E-state index in [2.05, 4.69) is 92.2 Å². The van der Waals surface area contributed by atoms with Crippen LogP contribution in [0.15, 0.2) is 88.9 Å². The molecule has 1 unspecified atom stereocenters. The summed E-state index contributed by atoms with van der Waals surface area (Å²) in [4.78, 5) is 5.82. The van der Waals surface area contributed by atoms with Crippen molar-refractivity contribution in [3.63, 3.8) is 0 Å². The van der Waals surface area contributed by atoms with Gasteiger partial charge in [0.1, 0.15) is 0 Å². The second kappa shape index (κ2) is 8.84. The van der Waals surface area contributed by atoms with E-state index < -0.39 is 0 Å². The number of nitrogens with one attached hydrogen (secondary N) is 1. The minimum atomic E-state index is 0.459. The van der Waals surface area contributed by atoms with Crippen molar-refractivity contribution >= 4 is 35.8 Å². The molecule has 2 aliphatic rings. The third-order valence-corrected chi connectivity index (χ3v) is 6.80. The van der Waals surface area contributed by atoms with Crippen molar-refractivity contribution in [2.75, 3.05) is 6.54 Å². The predicted octanol–water partition coefficient (Wildman–Crippen LogP) is 5.54. The van der Waals surface area contributed by atoms with E-state index in [1.54, 1.807) is 0 Å². The van der Waals surface area contributed by atoms with Crippen LogP contribution in [-0.2, 0) is 0 Å². The Morgan fingerprint density at radius 3 is 2.75 bits per heavy atom. The number of thiol groups is 1. The summed E-state index contributed by atoms with van der Waals surface area (Å²) in [6.07, 6.45) is 12.4. The molecule has 2 heterocycles. The normalized spacial score (nSPS) is 20.0. The summed E-state index contributed by atoms with van der Waals surface area (Å²) in [5.41, 5.74) is 7.41. The molecule has 3 heteroatoms. The molecule has 0 bridgehead atoms. The van der Waals surface area contributed by atoms with Gasteiger partial charge in [-0.15, -0.1) is 12.6 Å². The van der Waals surface area contributed by atoms with Gasteiger partial charge in [0.05, 0.1) is 10.9 Å². The first-order chi connectivity index (χ1) is 15.6. The van der Waals surface area contributed by atoms with Gasteiger partial charge in [-0.3, -0.25) is 0 Å². The molecule has 1 N–H and O–H groups in total. The van der Waals surface area contributed by atoms with Crippen molar-refractivity contribution in [3.05, 3.63) is 94.5 Å². The summed E-state index contributed by atoms with van der Waals surface area (Å²) in [5.74, 6) is 0.459. The van der Waals surface area contributed by atoms with Crippen LogP contribution in [0.25, 0.3) is 34.3 Å². The highest BCUT2D eigenvalue weighted by molar-refractivity contribution is 7.80. The summed E-state index contributed by atoms with van der Waals surface area (Å²) in [7, 11) is 0. The van der Waals surface area contributed by atoms with Gasteiger partial charge < -0.3 is 5.32 Å². The van der Waals surface area contributed by atoms with Crippen molar-refractivity contribution in [1.82, 2.24) is 10.3 Å². The fourth-order valence-corrected chi connectivity index (χ4v) is 5.05. The second-order valence-corrected chi connectivity index (χ2v) is 9.06. The molecule has 1 atom stereocenters. The highest BCUT2D eigenvalue weighted by Crippen LogP contribution is 2.30. The van der Waals surface area contributed by atoms with E-state index in [0.29, 0.717) is 5.92 Å². The first-order valence-corrected chi connectivity index (χ1v) is 11.8. The van der Waals surface area contributed by atoms with Gasteiger partial charge >= 0.3 is 0 Å². The van der Waals surface area contributed by atoms with Crippen LogP contribution in [0.4, 0.5) is 0 Å². The van der Waals surface area contributed by atoms with E-state index in [1.807, 2.05) is 12.1 Å². The standard InChI is InChI=1S/C29H28N2S/c1-3-20-8-7-11-21(13-12-20)23-16-27(30-18-23)28-19(2)31-26-15-14-24(32)17-25(26)29(28)22-9-5-4-6-10-22/h4-6,8-15,17,23,30,32H,2-3,7,16,18H2,1H3. The molecular formula is C29H28N2S. The average molecular weight is 437 g/mol. The fraction of sp³-hybridized carbons (Fsp3) is 0.207. The summed E-state index contributed by atoms with van der Waals surface area (Å²) < 4.78 is 0. The number of benzene rings is 2. The van der Waals surface area contributed by atoms with Gasteiger partial charge in [-0.1, -0.05) is 73.7 Å². The van der Waals surface area contributed by atoms with Crippen LogP contribution in [0, 0.1) is 5.92 Å². The Hall–Kier alpha value is -3.04. The van der Waals surface area contributed by atoms with E-state index in [4.69, 9.17) is 4.98 Å². The van der Waals surface area contributed by atoms with Gasteiger partial charge in [-0.2, -0.15) is 0 Å². The smallest absolute Gasteiger partial charge is 0.0716 e. The molecule has 160 valence electrons. The summed E-state index contributed by atoms with van der Waals surface area (Å²) in [6, 6.07) is 16.7. The van der Waals surface area contributed by atoms with Gasteiger partial charge in [-0.05, 0) is 48.6 Å². The molecule has 1 saturated heterocycles. The lowest BCUT2D eigenvalue weighted by molar-refractivity contribution is 0.698. The summed E-state index contributed by atoms with van der Waals surface area (Å²) in [5, 5.41) is 6.80. The first-order valence-electron chi connectivity index (χ1n) is 11.4. The van der Waals surface area contributed by atoms with Crippen LogP contribution in [-0.4, -0.2) is 11.5 Å². The van der Waals surface area contributed by atoms with Gasteiger partial charge in [-0.25, -0.2) is 4.98 Å². The van der Waals surface area contributed by atoms with Crippen molar-refractivity contribution in [2.24, 2.45) is 5.92 Å². The first kappa shape index (κ1) is 20.8. The van der Waals surface area contributed by atoms with E-state index >= 15 is 0 Å². The van der Waals surface area contributed by atoms with Crippen molar-refractivity contribution < 1.29 is 0 Å². The Bertz CT molecular complexity index is 1380. The lowest BCUT2D eigenvalue weighted by Crippen LogP contribution is -2.34. The predicted molar refractivity (Wildman–Crippen MR) is 139 cm³/mol. The monoisotopic (exact) mass is 436 g/mol. The van der Waals surface area contributed by atoms with Crippen LogP contribution in [0.1, 0.15) is 26.2 Å². The zero-order chi connectivity index (χ0) is 22.1. The van der Waals surface area contributed by atoms with E-state index in [0.717, 1.165) is 52.2 Å². The van der Waals surface area contributed by atoms with Crippen LogP contribution in [0.2, 0.25) is 0 Å². The molecule has 0 radical (unpaired) electrons. The van der Waals surface area contributed by atoms with Crippen molar-refractivity contribution in [3.8, 4) is 11.1 Å². The third kappa shape index (κ3) is 3.93. The minimum Gasteiger partial charge on any atom is -0.387 e. The molecule has 1 aliphatic heterocycles. The van der Waals surface area contributed by atoms with E-state index in [-0.39, 0.29) is 0 Å². The molecule has 1 aliphatic carbocycles. The molecule has 0 amide bonds. The van der Waals surface area contributed by atoms with Crippen LogP contribution >= 0.6 is 12.6 Å². The van der Waals surface area contributed by atoms with Crippen LogP contribution in [0.3, 0.4) is 0 Å². The second-order valence-electron chi connectivity index (χ2n) is 8.54. The molecule has 1 fully saturated rings. The van der Waals surface area contributed by atoms with Crippen LogP contribution < -0.4 is 15.9 Å².